The smallest absolute Gasteiger partial charge is 0.244 e. The summed E-state index contributed by atoms with van der Waals surface area (Å²) in [6.07, 6.45) is 5.38. The zero-order valence-corrected chi connectivity index (χ0v) is 11.3. The lowest BCUT2D eigenvalue weighted by molar-refractivity contribution is -0.117. The second kappa shape index (κ2) is 7.24. The van der Waals surface area contributed by atoms with Gasteiger partial charge in [0.25, 0.3) is 0 Å². The predicted octanol–water partition coefficient (Wildman–Crippen LogP) is 1.89. The third kappa shape index (κ3) is 4.55. The van der Waals surface area contributed by atoms with Crippen LogP contribution in [0.15, 0.2) is 22.6 Å². The molecule has 1 saturated heterocycles. The van der Waals surface area contributed by atoms with Gasteiger partial charge in [-0.15, -0.1) is 12.4 Å². The van der Waals surface area contributed by atoms with E-state index in [4.69, 9.17) is 4.42 Å². The van der Waals surface area contributed by atoms with Gasteiger partial charge in [-0.2, -0.15) is 0 Å². The van der Waals surface area contributed by atoms with Crippen LogP contribution in [0, 0.1) is 6.92 Å². The van der Waals surface area contributed by atoms with Crippen molar-refractivity contribution in [2.24, 2.45) is 0 Å². The molecule has 100 valence electrons. The van der Waals surface area contributed by atoms with Crippen LogP contribution in [0.2, 0.25) is 0 Å². The van der Waals surface area contributed by atoms with Crippen LogP contribution >= 0.6 is 12.4 Å². The van der Waals surface area contributed by atoms with Crippen LogP contribution in [0.25, 0.3) is 6.08 Å². The molecule has 1 aromatic heterocycles. The monoisotopic (exact) mass is 270 g/mol. The molecule has 1 aliphatic heterocycles. The van der Waals surface area contributed by atoms with Gasteiger partial charge in [-0.05, 0) is 44.5 Å². The normalized spacial score (nSPS) is 19.5. The molecule has 5 heteroatoms. The van der Waals surface area contributed by atoms with E-state index in [1.807, 2.05) is 19.1 Å². The van der Waals surface area contributed by atoms with E-state index in [2.05, 4.69) is 10.6 Å². The first-order valence-electron chi connectivity index (χ1n) is 6.00. The third-order valence-corrected chi connectivity index (χ3v) is 2.80. The lowest BCUT2D eigenvalue weighted by Crippen LogP contribution is -2.45. The van der Waals surface area contributed by atoms with E-state index in [0.717, 1.165) is 31.7 Å². The third-order valence-electron chi connectivity index (χ3n) is 2.80. The highest BCUT2D eigenvalue weighted by atomic mass is 35.5. The second-order valence-corrected chi connectivity index (χ2v) is 4.33. The molecule has 1 aromatic rings. The van der Waals surface area contributed by atoms with Gasteiger partial charge in [-0.25, -0.2) is 0 Å². The number of carbonyl (C=O) groups excluding carboxylic acids is 1. The van der Waals surface area contributed by atoms with Gasteiger partial charge in [0.05, 0.1) is 0 Å². The molecule has 1 aliphatic rings. The highest BCUT2D eigenvalue weighted by molar-refractivity contribution is 5.91. The maximum Gasteiger partial charge on any atom is 0.244 e. The van der Waals surface area contributed by atoms with Gasteiger partial charge >= 0.3 is 0 Å². The first-order chi connectivity index (χ1) is 8.24. The van der Waals surface area contributed by atoms with Crippen molar-refractivity contribution in [3.8, 4) is 0 Å². The van der Waals surface area contributed by atoms with Crippen molar-refractivity contribution in [1.29, 1.82) is 0 Å². The quantitative estimate of drug-likeness (QED) is 0.825. The van der Waals surface area contributed by atoms with Crippen LogP contribution in [-0.2, 0) is 4.79 Å². The lowest BCUT2D eigenvalue weighted by atomic mass is 10.1. The summed E-state index contributed by atoms with van der Waals surface area (Å²) >= 11 is 0. The number of nitrogens with one attached hydrogen (secondary N) is 2. The maximum atomic E-state index is 11.6. The average Bonchev–Trinajstić information content (AvgIpc) is 2.74. The summed E-state index contributed by atoms with van der Waals surface area (Å²) in [5, 5.41) is 6.23. The fourth-order valence-corrected chi connectivity index (χ4v) is 1.93. The first kappa shape index (κ1) is 14.8. The van der Waals surface area contributed by atoms with Crippen LogP contribution in [0.3, 0.4) is 0 Å². The number of hydrogen-bond donors (Lipinski definition) is 2. The Labute approximate surface area is 113 Å². The standard InChI is InChI=1S/C13H18N2O2.ClH/c1-10-4-5-12(17-10)6-7-13(16)15-11-3-2-8-14-9-11;/h4-7,11,14H,2-3,8-9H2,1H3,(H,15,16);1H/b7-6+;. The molecule has 0 aliphatic carbocycles. The molecule has 1 amide bonds. The summed E-state index contributed by atoms with van der Waals surface area (Å²) in [4.78, 5) is 11.6. The summed E-state index contributed by atoms with van der Waals surface area (Å²) in [6, 6.07) is 3.98. The Balaban J connectivity index is 0.00000162. The SMILES string of the molecule is Cc1ccc(/C=C/C(=O)NC2CCCNC2)o1.Cl. The summed E-state index contributed by atoms with van der Waals surface area (Å²) in [5.41, 5.74) is 0. The van der Waals surface area contributed by atoms with E-state index in [1.54, 1.807) is 6.08 Å². The molecule has 1 unspecified atom stereocenters. The number of rotatable bonds is 3. The van der Waals surface area contributed by atoms with Crippen molar-refractivity contribution in [3.05, 3.63) is 29.7 Å². The topological polar surface area (TPSA) is 54.3 Å². The van der Waals surface area contributed by atoms with Crippen molar-refractivity contribution in [3.63, 3.8) is 0 Å². The Kier molecular flexibility index (Phi) is 5.95. The Hall–Kier alpha value is -1.26. The minimum atomic E-state index is -0.0623. The van der Waals surface area contributed by atoms with Crippen molar-refractivity contribution in [1.82, 2.24) is 10.6 Å². The van der Waals surface area contributed by atoms with Crippen molar-refractivity contribution < 1.29 is 9.21 Å². The zero-order chi connectivity index (χ0) is 12.1. The van der Waals surface area contributed by atoms with E-state index in [1.165, 1.54) is 6.08 Å². The van der Waals surface area contributed by atoms with Gasteiger partial charge in [0.15, 0.2) is 0 Å². The van der Waals surface area contributed by atoms with E-state index < -0.39 is 0 Å². The van der Waals surface area contributed by atoms with E-state index in [9.17, 15) is 4.79 Å². The Morgan fingerprint density at radius 2 is 2.39 bits per heavy atom. The molecule has 2 rings (SSSR count). The second-order valence-electron chi connectivity index (χ2n) is 4.33. The molecule has 1 fully saturated rings. The van der Waals surface area contributed by atoms with Crippen molar-refractivity contribution >= 4 is 24.4 Å². The number of piperidine rings is 1. The molecular formula is C13H19ClN2O2. The molecule has 0 aromatic carbocycles. The predicted molar refractivity (Wildman–Crippen MR) is 73.8 cm³/mol. The van der Waals surface area contributed by atoms with Crippen molar-refractivity contribution in [2.45, 2.75) is 25.8 Å². The van der Waals surface area contributed by atoms with E-state index in [0.29, 0.717) is 5.76 Å². The van der Waals surface area contributed by atoms with Gasteiger partial charge in [0, 0.05) is 18.7 Å². The highest BCUT2D eigenvalue weighted by Gasteiger charge is 2.13. The zero-order valence-electron chi connectivity index (χ0n) is 10.4. The molecule has 0 saturated carbocycles. The van der Waals surface area contributed by atoms with Gasteiger partial charge < -0.3 is 15.1 Å². The number of amides is 1. The minimum Gasteiger partial charge on any atom is -0.462 e. The summed E-state index contributed by atoms with van der Waals surface area (Å²) < 4.78 is 5.34. The Morgan fingerprint density at radius 3 is 3.00 bits per heavy atom. The number of hydrogen-bond acceptors (Lipinski definition) is 3. The average molecular weight is 271 g/mol. The molecule has 0 spiro atoms. The largest absolute Gasteiger partial charge is 0.462 e. The molecular weight excluding hydrogens is 252 g/mol. The van der Waals surface area contributed by atoms with Gasteiger partial charge in [-0.1, -0.05) is 0 Å². The number of aryl methyl sites for hydroxylation is 1. The van der Waals surface area contributed by atoms with Gasteiger partial charge in [0.2, 0.25) is 5.91 Å². The maximum absolute atomic E-state index is 11.6. The molecule has 2 N–H and O–H groups in total. The van der Waals surface area contributed by atoms with Crippen molar-refractivity contribution in [2.75, 3.05) is 13.1 Å². The first-order valence-corrected chi connectivity index (χ1v) is 6.00. The number of halogens is 1. The van der Waals surface area contributed by atoms with Crippen LogP contribution < -0.4 is 10.6 Å². The summed E-state index contributed by atoms with van der Waals surface area (Å²) in [5.74, 6) is 1.49. The fourth-order valence-electron chi connectivity index (χ4n) is 1.93. The number of carbonyl (C=O) groups is 1. The highest BCUT2D eigenvalue weighted by Crippen LogP contribution is 2.08. The fraction of sp³-hybridized carbons (Fsp3) is 0.462. The molecule has 1 atom stereocenters. The van der Waals surface area contributed by atoms with Gasteiger partial charge in [-0.3, -0.25) is 4.79 Å². The van der Waals surface area contributed by atoms with Crippen LogP contribution in [0.1, 0.15) is 24.4 Å². The van der Waals surface area contributed by atoms with E-state index in [-0.39, 0.29) is 24.4 Å². The molecule has 0 bridgehead atoms. The van der Waals surface area contributed by atoms with Crippen LogP contribution in [-0.4, -0.2) is 25.0 Å². The number of furan rings is 1. The molecule has 2 heterocycles. The molecule has 0 radical (unpaired) electrons. The molecule has 4 nitrogen and oxygen atoms in total. The molecule has 18 heavy (non-hydrogen) atoms. The Morgan fingerprint density at radius 1 is 1.56 bits per heavy atom. The van der Waals surface area contributed by atoms with Gasteiger partial charge in [0.1, 0.15) is 11.5 Å². The van der Waals surface area contributed by atoms with Crippen LogP contribution in [0.4, 0.5) is 0 Å². The minimum absolute atomic E-state index is 0. The van der Waals surface area contributed by atoms with Crippen LogP contribution in [0.5, 0.6) is 0 Å². The lowest BCUT2D eigenvalue weighted by Gasteiger charge is -2.23. The Bertz CT molecular complexity index is 409. The van der Waals surface area contributed by atoms with E-state index >= 15 is 0 Å². The summed E-state index contributed by atoms with van der Waals surface area (Å²) in [6.45, 7) is 3.79. The summed E-state index contributed by atoms with van der Waals surface area (Å²) in [7, 11) is 0.